The molecule has 1 atom stereocenters. The Hall–Kier alpha value is -1.83. The van der Waals surface area contributed by atoms with Crippen molar-refractivity contribution in [2.75, 3.05) is 26.2 Å². The van der Waals surface area contributed by atoms with Crippen LogP contribution < -0.4 is 10.6 Å². The summed E-state index contributed by atoms with van der Waals surface area (Å²) in [7, 11) is 0. The van der Waals surface area contributed by atoms with Gasteiger partial charge in [-0.05, 0) is 12.8 Å². The summed E-state index contributed by atoms with van der Waals surface area (Å²) in [6, 6.07) is -1.78. The first kappa shape index (κ1) is 16.2. The first-order valence-electron chi connectivity index (χ1n) is 6.70. The minimum atomic E-state index is -1.21. The van der Waals surface area contributed by atoms with Crippen molar-refractivity contribution >= 4 is 17.9 Å². The minimum absolute atomic E-state index is 0.00653. The Morgan fingerprint density at radius 1 is 1.20 bits per heavy atom. The van der Waals surface area contributed by atoms with Crippen LogP contribution in [-0.4, -0.2) is 65.3 Å². The highest BCUT2D eigenvalue weighted by atomic mass is 16.4. The van der Waals surface area contributed by atoms with Crippen molar-refractivity contribution in [3.63, 3.8) is 0 Å². The van der Waals surface area contributed by atoms with Gasteiger partial charge in [-0.1, -0.05) is 0 Å². The van der Waals surface area contributed by atoms with Crippen LogP contribution in [0.2, 0.25) is 0 Å². The monoisotopic (exact) mass is 287 g/mol. The van der Waals surface area contributed by atoms with Crippen LogP contribution in [0.1, 0.15) is 25.7 Å². The Bertz CT molecular complexity index is 355. The topological polar surface area (TPSA) is 119 Å². The van der Waals surface area contributed by atoms with Gasteiger partial charge >= 0.3 is 12.0 Å². The number of likely N-dealkylation sites (tertiary alicyclic amines) is 1. The lowest BCUT2D eigenvalue weighted by Gasteiger charge is -2.16. The Kier molecular flexibility index (Phi) is 6.78. The Balaban J connectivity index is 2.21. The van der Waals surface area contributed by atoms with Gasteiger partial charge in [-0.2, -0.15) is 0 Å². The second kappa shape index (κ2) is 8.36. The summed E-state index contributed by atoms with van der Waals surface area (Å²) in [5.41, 5.74) is 0. The SMILES string of the molecule is O=C(NCCC(=O)N1CCCC1)N[C@H](CCO)C(=O)O. The molecule has 0 aromatic rings. The summed E-state index contributed by atoms with van der Waals surface area (Å²) in [4.78, 5) is 35.7. The van der Waals surface area contributed by atoms with Gasteiger partial charge in [-0.15, -0.1) is 0 Å². The molecule has 4 N–H and O–H groups in total. The molecule has 0 unspecified atom stereocenters. The molecule has 3 amide bonds. The zero-order chi connectivity index (χ0) is 15.0. The standard InChI is InChI=1S/C12H21N3O5/c16-8-4-9(11(18)19)14-12(20)13-5-3-10(17)15-6-1-2-7-15/h9,16H,1-8H2,(H,18,19)(H2,13,14,20)/t9-/m1/s1. The third kappa shape index (κ3) is 5.43. The van der Waals surface area contributed by atoms with Gasteiger partial charge < -0.3 is 25.7 Å². The number of hydrogen-bond acceptors (Lipinski definition) is 4. The Morgan fingerprint density at radius 3 is 2.40 bits per heavy atom. The van der Waals surface area contributed by atoms with E-state index >= 15 is 0 Å². The first-order valence-corrected chi connectivity index (χ1v) is 6.70. The number of nitrogens with zero attached hydrogens (tertiary/aromatic N) is 1. The number of carboxylic acids is 1. The molecule has 1 aliphatic rings. The molecular formula is C12H21N3O5. The van der Waals surface area contributed by atoms with Crippen LogP contribution in [0.4, 0.5) is 4.79 Å². The maximum Gasteiger partial charge on any atom is 0.326 e. The Labute approximate surface area is 117 Å². The summed E-state index contributed by atoms with van der Waals surface area (Å²) >= 11 is 0. The van der Waals surface area contributed by atoms with Crippen molar-refractivity contribution in [1.82, 2.24) is 15.5 Å². The molecule has 0 bridgehead atoms. The van der Waals surface area contributed by atoms with E-state index in [-0.39, 0.29) is 31.9 Å². The van der Waals surface area contributed by atoms with E-state index in [0.29, 0.717) is 0 Å². The van der Waals surface area contributed by atoms with Crippen LogP contribution in [-0.2, 0) is 9.59 Å². The van der Waals surface area contributed by atoms with E-state index < -0.39 is 18.0 Å². The fourth-order valence-electron chi connectivity index (χ4n) is 2.00. The van der Waals surface area contributed by atoms with E-state index in [1.807, 2.05) is 0 Å². The van der Waals surface area contributed by atoms with Gasteiger partial charge in [0.2, 0.25) is 5.91 Å². The zero-order valence-electron chi connectivity index (χ0n) is 11.3. The third-order valence-corrected chi connectivity index (χ3v) is 3.10. The van der Waals surface area contributed by atoms with E-state index in [1.54, 1.807) is 4.90 Å². The normalized spacial score (nSPS) is 15.8. The van der Waals surface area contributed by atoms with Crippen molar-refractivity contribution in [3.05, 3.63) is 0 Å². The summed E-state index contributed by atoms with van der Waals surface area (Å²) in [6.07, 6.45) is 2.17. The molecule has 1 fully saturated rings. The predicted octanol–water partition coefficient (Wildman–Crippen LogP) is -0.866. The minimum Gasteiger partial charge on any atom is -0.480 e. The smallest absolute Gasteiger partial charge is 0.326 e. The fraction of sp³-hybridized carbons (Fsp3) is 0.750. The van der Waals surface area contributed by atoms with E-state index in [4.69, 9.17) is 10.2 Å². The summed E-state index contributed by atoms with van der Waals surface area (Å²) in [5.74, 6) is -1.21. The number of urea groups is 1. The number of aliphatic hydroxyl groups excluding tert-OH is 1. The molecule has 20 heavy (non-hydrogen) atoms. The van der Waals surface area contributed by atoms with Crippen LogP contribution in [0, 0.1) is 0 Å². The van der Waals surface area contributed by atoms with Crippen LogP contribution >= 0.6 is 0 Å². The fourth-order valence-corrected chi connectivity index (χ4v) is 2.00. The largest absolute Gasteiger partial charge is 0.480 e. The number of nitrogens with one attached hydrogen (secondary N) is 2. The molecule has 0 aromatic carbocycles. The highest BCUT2D eigenvalue weighted by molar-refractivity contribution is 5.83. The average molecular weight is 287 g/mol. The molecule has 1 aliphatic heterocycles. The number of carboxylic acid groups (broad SMARTS) is 1. The van der Waals surface area contributed by atoms with Crippen LogP contribution in [0.5, 0.6) is 0 Å². The van der Waals surface area contributed by atoms with Gasteiger partial charge in [-0.25, -0.2) is 9.59 Å². The maximum absolute atomic E-state index is 11.7. The second-order valence-corrected chi connectivity index (χ2v) is 4.64. The number of carbonyl (C=O) groups excluding carboxylic acids is 2. The zero-order valence-corrected chi connectivity index (χ0v) is 11.3. The lowest BCUT2D eigenvalue weighted by molar-refractivity contribution is -0.139. The third-order valence-electron chi connectivity index (χ3n) is 3.10. The van der Waals surface area contributed by atoms with Gasteiger partial charge in [0.25, 0.3) is 0 Å². The number of aliphatic hydroxyl groups is 1. The molecule has 0 aliphatic carbocycles. The molecule has 114 valence electrons. The highest BCUT2D eigenvalue weighted by Crippen LogP contribution is 2.08. The van der Waals surface area contributed by atoms with Crippen molar-refractivity contribution in [1.29, 1.82) is 0 Å². The van der Waals surface area contributed by atoms with E-state index in [1.165, 1.54) is 0 Å². The number of hydrogen-bond donors (Lipinski definition) is 4. The van der Waals surface area contributed by atoms with E-state index in [9.17, 15) is 14.4 Å². The number of rotatable bonds is 7. The average Bonchev–Trinajstić information content (AvgIpc) is 2.91. The van der Waals surface area contributed by atoms with Crippen LogP contribution in [0.3, 0.4) is 0 Å². The number of carbonyl (C=O) groups is 3. The molecule has 1 heterocycles. The lowest BCUT2D eigenvalue weighted by atomic mass is 10.2. The summed E-state index contributed by atoms with van der Waals surface area (Å²) in [6.45, 7) is 1.36. The summed E-state index contributed by atoms with van der Waals surface area (Å²) in [5, 5.41) is 22.1. The van der Waals surface area contributed by atoms with Gasteiger partial charge in [-0.3, -0.25) is 4.79 Å². The van der Waals surface area contributed by atoms with Gasteiger partial charge in [0.05, 0.1) is 0 Å². The molecule has 8 nitrogen and oxygen atoms in total. The van der Waals surface area contributed by atoms with Crippen molar-refractivity contribution in [2.24, 2.45) is 0 Å². The molecule has 0 aromatic heterocycles. The molecule has 1 rings (SSSR count). The van der Waals surface area contributed by atoms with Crippen molar-refractivity contribution in [3.8, 4) is 0 Å². The van der Waals surface area contributed by atoms with Crippen molar-refractivity contribution in [2.45, 2.75) is 31.7 Å². The molecule has 0 spiro atoms. The Morgan fingerprint density at radius 2 is 1.85 bits per heavy atom. The van der Waals surface area contributed by atoms with E-state index in [2.05, 4.69) is 10.6 Å². The highest BCUT2D eigenvalue weighted by Gasteiger charge is 2.20. The number of aliphatic carboxylic acids is 1. The predicted molar refractivity (Wildman–Crippen MR) is 70.1 cm³/mol. The van der Waals surface area contributed by atoms with Crippen LogP contribution in [0.25, 0.3) is 0 Å². The van der Waals surface area contributed by atoms with Crippen molar-refractivity contribution < 1.29 is 24.6 Å². The van der Waals surface area contributed by atoms with Gasteiger partial charge in [0, 0.05) is 39.1 Å². The quantitative estimate of drug-likeness (QED) is 0.485. The van der Waals surface area contributed by atoms with E-state index in [0.717, 1.165) is 25.9 Å². The molecule has 0 radical (unpaired) electrons. The van der Waals surface area contributed by atoms with Gasteiger partial charge in [0.15, 0.2) is 0 Å². The van der Waals surface area contributed by atoms with Gasteiger partial charge in [0.1, 0.15) is 6.04 Å². The summed E-state index contributed by atoms with van der Waals surface area (Å²) < 4.78 is 0. The molecule has 8 heteroatoms. The molecular weight excluding hydrogens is 266 g/mol. The van der Waals surface area contributed by atoms with Crippen LogP contribution in [0.15, 0.2) is 0 Å². The second-order valence-electron chi connectivity index (χ2n) is 4.64. The maximum atomic E-state index is 11.7. The lowest BCUT2D eigenvalue weighted by Crippen LogP contribution is -2.47. The number of amides is 3. The molecule has 0 saturated carbocycles. The molecule has 1 saturated heterocycles. The first-order chi connectivity index (χ1) is 9.54.